The van der Waals surface area contributed by atoms with Crippen LogP contribution in [0.5, 0.6) is 0 Å². The molecule has 0 amide bonds. The van der Waals surface area contributed by atoms with Crippen LogP contribution in [-0.2, 0) is 6.54 Å². The number of nitrogens with one attached hydrogen (secondary N) is 1. The molecule has 110 valence electrons. The van der Waals surface area contributed by atoms with Gasteiger partial charge in [0, 0.05) is 25.0 Å². The molecule has 1 aromatic carbocycles. The molecule has 0 saturated heterocycles. The SMILES string of the molecule is OC1CCCCC1NCc1cccc(-c2ccncc2)c1. The molecule has 0 radical (unpaired) electrons. The Morgan fingerprint density at radius 3 is 2.67 bits per heavy atom. The summed E-state index contributed by atoms with van der Waals surface area (Å²) >= 11 is 0. The fourth-order valence-corrected chi connectivity index (χ4v) is 3.00. The summed E-state index contributed by atoms with van der Waals surface area (Å²) in [7, 11) is 0. The third-order valence-corrected chi connectivity index (χ3v) is 4.24. The Labute approximate surface area is 126 Å². The molecular formula is C18H22N2O. The van der Waals surface area contributed by atoms with Crippen molar-refractivity contribution in [2.24, 2.45) is 0 Å². The first-order valence-electron chi connectivity index (χ1n) is 7.74. The minimum atomic E-state index is -0.192. The molecule has 1 aliphatic carbocycles. The van der Waals surface area contributed by atoms with Gasteiger partial charge in [-0.15, -0.1) is 0 Å². The maximum Gasteiger partial charge on any atom is 0.0693 e. The number of pyridine rings is 1. The first kappa shape index (κ1) is 14.2. The number of aliphatic hydroxyl groups is 1. The maximum atomic E-state index is 10.0. The van der Waals surface area contributed by atoms with Crippen LogP contribution in [0.15, 0.2) is 48.8 Å². The molecule has 1 heterocycles. The van der Waals surface area contributed by atoms with Crippen LogP contribution in [0.3, 0.4) is 0 Å². The van der Waals surface area contributed by atoms with E-state index >= 15 is 0 Å². The number of benzene rings is 1. The zero-order valence-electron chi connectivity index (χ0n) is 12.2. The lowest BCUT2D eigenvalue weighted by Gasteiger charge is -2.28. The Hall–Kier alpha value is -1.71. The molecule has 0 aliphatic heterocycles. The van der Waals surface area contributed by atoms with Crippen molar-refractivity contribution in [1.29, 1.82) is 0 Å². The second-order valence-electron chi connectivity index (χ2n) is 5.78. The molecule has 2 unspecified atom stereocenters. The molecule has 1 aromatic heterocycles. The van der Waals surface area contributed by atoms with Crippen molar-refractivity contribution >= 4 is 0 Å². The van der Waals surface area contributed by atoms with Crippen LogP contribution in [0.2, 0.25) is 0 Å². The van der Waals surface area contributed by atoms with E-state index in [-0.39, 0.29) is 12.1 Å². The summed E-state index contributed by atoms with van der Waals surface area (Å²) in [6.07, 6.45) is 7.81. The number of hydrogen-bond donors (Lipinski definition) is 2. The number of aromatic nitrogens is 1. The third kappa shape index (κ3) is 3.69. The van der Waals surface area contributed by atoms with Crippen LogP contribution in [0.1, 0.15) is 31.2 Å². The van der Waals surface area contributed by atoms with Crippen LogP contribution < -0.4 is 5.32 Å². The predicted octanol–water partition coefficient (Wildman–Crippen LogP) is 3.14. The van der Waals surface area contributed by atoms with E-state index in [9.17, 15) is 5.11 Å². The van der Waals surface area contributed by atoms with Gasteiger partial charge < -0.3 is 10.4 Å². The first-order valence-corrected chi connectivity index (χ1v) is 7.74. The average Bonchev–Trinajstić information content (AvgIpc) is 2.55. The van der Waals surface area contributed by atoms with Crippen molar-refractivity contribution in [3.63, 3.8) is 0 Å². The first-order chi connectivity index (χ1) is 10.3. The fraction of sp³-hybridized carbons (Fsp3) is 0.389. The lowest BCUT2D eigenvalue weighted by Crippen LogP contribution is -2.41. The van der Waals surface area contributed by atoms with Gasteiger partial charge >= 0.3 is 0 Å². The summed E-state index contributed by atoms with van der Waals surface area (Å²) in [5.74, 6) is 0. The topological polar surface area (TPSA) is 45.1 Å². The van der Waals surface area contributed by atoms with Gasteiger partial charge in [-0.05, 0) is 47.7 Å². The maximum absolute atomic E-state index is 10.0. The largest absolute Gasteiger partial charge is 0.392 e. The Morgan fingerprint density at radius 2 is 1.86 bits per heavy atom. The Balaban J connectivity index is 1.66. The summed E-state index contributed by atoms with van der Waals surface area (Å²) in [5, 5.41) is 13.5. The average molecular weight is 282 g/mol. The molecule has 1 aliphatic rings. The van der Waals surface area contributed by atoms with Crippen LogP contribution in [0.25, 0.3) is 11.1 Å². The highest BCUT2D eigenvalue weighted by Crippen LogP contribution is 2.21. The van der Waals surface area contributed by atoms with Crippen molar-refractivity contribution in [3.05, 3.63) is 54.4 Å². The summed E-state index contributed by atoms with van der Waals surface area (Å²) in [4.78, 5) is 4.06. The minimum absolute atomic E-state index is 0.192. The van der Waals surface area contributed by atoms with Gasteiger partial charge in [-0.2, -0.15) is 0 Å². The fourth-order valence-electron chi connectivity index (χ4n) is 3.00. The van der Waals surface area contributed by atoms with Crippen molar-refractivity contribution in [3.8, 4) is 11.1 Å². The van der Waals surface area contributed by atoms with Crippen molar-refractivity contribution < 1.29 is 5.11 Å². The molecular weight excluding hydrogens is 260 g/mol. The monoisotopic (exact) mass is 282 g/mol. The van der Waals surface area contributed by atoms with E-state index in [0.717, 1.165) is 25.8 Å². The lowest BCUT2D eigenvalue weighted by atomic mass is 9.92. The number of aliphatic hydroxyl groups excluding tert-OH is 1. The summed E-state index contributed by atoms with van der Waals surface area (Å²) in [6, 6.07) is 12.8. The van der Waals surface area contributed by atoms with Gasteiger partial charge in [0.15, 0.2) is 0 Å². The zero-order chi connectivity index (χ0) is 14.5. The van der Waals surface area contributed by atoms with Crippen molar-refractivity contribution in [2.45, 2.75) is 44.4 Å². The molecule has 2 N–H and O–H groups in total. The molecule has 1 saturated carbocycles. The van der Waals surface area contributed by atoms with E-state index in [2.05, 4.69) is 34.6 Å². The van der Waals surface area contributed by atoms with E-state index in [0.29, 0.717) is 0 Å². The van der Waals surface area contributed by atoms with Crippen molar-refractivity contribution in [2.75, 3.05) is 0 Å². The standard InChI is InChI=1S/C18H22N2O/c21-18-7-2-1-6-17(18)20-13-14-4-3-5-16(12-14)15-8-10-19-11-9-15/h3-5,8-12,17-18,20-21H,1-2,6-7,13H2. The molecule has 3 nitrogen and oxygen atoms in total. The molecule has 2 atom stereocenters. The molecule has 2 aromatic rings. The number of rotatable bonds is 4. The van der Waals surface area contributed by atoms with E-state index in [1.807, 2.05) is 24.5 Å². The van der Waals surface area contributed by atoms with Gasteiger partial charge in [-0.3, -0.25) is 4.98 Å². The lowest BCUT2D eigenvalue weighted by molar-refractivity contribution is 0.0902. The van der Waals surface area contributed by atoms with Gasteiger partial charge in [0.05, 0.1) is 6.10 Å². The van der Waals surface area contributed by atoms with Gasteiger partial charge in [-0.25, -0.2) is 0 Å². The Morgan fingerprint density at radius 1 is 1.05 bits per heavy atom. The molecule has 0 bridgehead atoms. The highest BCUT2D eigenvalue weighted by Gasteiger charge is 2.22. The van der Waals surface area contributed by atoms with Crippen LogP contribution in [0.4, 0.5) is 0 Å². The van der Waals surface area contributed by atoms with E-state index < -0.39 is 0 Å². The van der Waals surface area contributed by atoms with Crippen LogP contribution >= 0.6 is 0 Å². The number of nitrogens with zero attached hydrogens (tertiary/aromatic N) is 1. The van der Waals surface area contributed by atoms with Gasteiger partial charge in [0.25, 0.3) is 0 Å². The summed E-state index contributed by atoms with van der Waals surface area (Å²) in [5.41, 5.74) is 3.65. The second kappa shape index (κ2) is 6.83. The van der Waals surface area contributed by atoms with E-state index in [1.165, 1.54) is 23.1 Å². The predicted molar refractivity (Wildman–Crippen MR) is 84.8 cm³/mol. The quantitative estimate of drug-likeness (QED) is 0.905. The molecule has 0 spiro atoms. The zero-order valence-corrected chi connectivity index (χ0v) is 12.2. The van der Waals surface area contributed by atoms with Gasteiger partial charge in [0.2, 0.25) is 0 Å². The highest BCUT2D eigenvalue weighted by molar-refractivity contribution is 5.63. The Kier molecular flexibility index (Phi) is 4.63. The van der Waals surface area contributed by atoms with E-state index in [4.69, 9.17) is 0 Å². The Bertz CT molecular complexity index is 570. The molecule has 3 rings (SSSR count). The molecule has 3 heteroatoms. The third-order valence-electron chi connectivity index (χ3n) is 4.24. The summed E-state index contributed by atoms with van der Waals surface area (Å²) in [6.45, 7) is 0.806. The molecule has 1 fully saturated rings. The van der Waals surface area contributed by atoms with Gasteiger partial charge in [0.1, 0.15) is 0 Å². The number of hydrogen-bond acceptors (Lipinski definition) is 3. The summed E-state index contributed by atoms with van der Waals surface area (Å²) < 4.78 is 0. The van der Waals surface area contributed by atoms with Gasteiger partial charge in [-0.1, -0.05) is 31.0 Å². The molecule has 21 heavy (non-hydrogen) atoms. The minimum Gasteiger partial charge on any atom is -0.392 e. The smallest absolute Gasteiger partial charge is 0.0693 e. The van der Waals surface area contributed by atoms with Crippen molar-refractivity contribution in [1.82, 2.24) is 10.3 Å². The van der Waals surface area contributed by atoms with Crippen LogP contribution in [-0.4, -0.2) is 22.2 Å². The second-order valence-corrected chi connectivity index (χ2v) is 5.78. The van der Waals surface area contributed by atoms with Crippen LogP contribution in [0, 0.1) is 0 Å². The normalized spacial score (nSPS) is 22.1. The van der Waals surface area contributed by atoms with E-state index in [1.54, 1.807) is 0 Å². The highest BCUT2D eigenvalue weighted by atomic mass is 16.3.